The van der Waals surface area contributed by atoms with Crippen molar-refractivity contribution in [3.8, 4) is 0 Å². The normalized spacial score (nSPS) is 16.0. The number of piperidine rings is 1. The standard InChI is InChI=1S/C21H27F3N4OS/c1-25-20(27-18-8-10-28(11-9-18)19-3-2-12-30-19)26-13-16-4-6-17(7-5-16)14-29-15-21(22,23)24/h2-7,12,18H,8-11,13-15H2,1H3,(H2,25,26,27). The smallest absolute Gasteiger partial charge is 0.367 e. The molecule has 1 aromatic carbocycles. The van der Waals surface area contributed by atoms with Crippen LogP contribution in [0.4, 0.5) is 18.2 Å². The molecule has 30 heavy (non-hydrogen) atoms. The molecule has 2 heterocycles. The highest BCUT2D eigenvalue weighted by Crippen LogP contribution is 2.24. The van der Waals surface area contributed by atoms with Crippen molar-refractivity contribution in [1.29, 1.82) is 0 Å². The highest BCUT2D eigenvalue weighted by molar-refractivity contribution is 7.14. The van der Waals surface area contributed by atoms with E-state index in [0.717, 1.165) is 37.5 Å². The summed E-state index contributed by atoms with van der Waals surface area (Å²) in [6.07, 6.45) is -2.20. The monoisotopic (exact) mass is 440 g/mol. The number of rotatable bonds is 7. The fourth-order valence-electron chi connectivity index (χ4n) is 3.31. The number of halogens is 3. The molecule has 2 aromatic rings. The highest BCUT2D eigenvalue weighted by Gasteiger charge is 2.27. The first-order chi connectivity index (χ1) is 14.4. The van der Waals surface area contributed by atoms with E-state index < -0.39 is 12.8 Å². The number of benzene rings is 1. The van der Waals surface area contributed by atoms with Gasteiger partial charge < -0.3 is 20.3 Å². The number of ether oxygens (including phenoxy) is 1. The lowest BCUT2D eigenvalue weighted by atomic mass is 10.1. The number of nitrogens with zero attached hydrogens (tertiary/aromatic N) is 2. The van der Waals surface area contributed by atoms with Gasteiger partial charge in [-0.3, -0.25) is 4.99 Å². The lowest BCUT2D eigenvalue weighted by Crippen LogP contribution is -2.48. The van der Waals surface area contributed by atoms with Crippen molar-refractivity contribution in [1.82, 2.24) is 10.6 Å². The van der Waals surface area contributed by atoms with E-state index in [0.29, 0.717) is 18.2 Å². The van der Waals surface area contributed by atoms with Crippen molar-refractivity contribution in [2.75, 3.05) is 31.6 Å². The van der Waals surface area contributed by atoms with E-state index in [4.69, 9.17) is 0 Å². The van der Waals surface area contributed by atoms with E-state index in [1.54, 1.807) is 30.5 Å². The van der Waals surface area contributed by atoms with Gasteiger partial charge in [0.25, 0.3) is 0 Å². The third kappa shape index (κ3) is 7.21. The van der Waals surface area contributed by atoms with E-state index in [1.165, 1.54) is 5.00 Å². The Morgan fingerprint density at radius 1 is 1.17 bits per heavy atom. The lowest BCUT2D eigenvalue weighted by Gasteiger charge is -2.33. The van der Waals surface area contributed by atoms with Gasteiger partial charge in [-0.2, -0.15) is 13.2 Å². The maximum Gasteiger partial charge on any atom is 0.411 e. The number of hydrogen-bond acceptors (Lipinski definition) is 4. The molecule has 1 fully saturated rings. The Labute approximate surface area is 179 Å². The van der Waals surface area contributed by atoms with Crippen LogP contribution in [-0.2, 0) is 17.9 Å². The Hall–Kier alpha value is -2.26. The van der Waals surface area contributed by atoms with Crippen LogP contribution in [0.15, 0.2) is 46.8 Å². The number of aliphatic imine (C=N–C) groups is 1. The quantitative estimate of drug-likeness (QED) is 0.501. The molecule has 0 unspecified atom stereocenters. The molecule has 5 nitrogen and oxygen atoms in total. The zero-order valence-electron chi connectivity index (χ0n) is 16.9. The fourth-order valence-corrected chi connectivity index (χ4v) is 4.09. The molecule has 0 bridgehead atoms. The number of thiophene rings is 1. The van der Waals surface area contributed by atoms with Crippen LogP contribution in [0.1, 0.15) is 24.0 Å². The summed E-state index contributed by atoms with van der Waals surface area (Å²) < 4.78 is 41.1. The zero-order valence-corrected chi connectivity index (χ0v) is 17.7. The molecular weight excluding hydrogens is 413 g/mol. The Morgan fingerprint density at radius 2 is 1.87 bits per heavy atom. The zero-order chi connectivity index (χ0) is 21.4. The van der Waals surface area contributed by atoms with Crippen LogP contribution in [0.3, 0.4) is 0 Å². The van der Waals surface area contributed by atoms with E-state index in [-0.39, 0.29) is 6.61 Å². The molecule has 0 saturated carbocycles. The summed E-state index contributed by atoms with van der Waals surface area (Å²) in [6.45, 7) is 1.34. The first-order valence-electron chi connectivity index (χ1n) is 9.91. The summed E-state index contributed by atoms with van der Waals surface area (Å²) in [7, 11) is 1.75. The third-order valence-corrected chi connectivity index (χ3v) is 5.82. The summed E-state index contributed by atoms with van der Waals surface area (Å²) in [4.78, 5) is 6.72. The summed E-state index contributed by atoms with van der Waals surface area (Å²) in [5.41, 5.74) is 1.73. The largest absolute Gasteiger partial charge is 0.411 e. The predicted octanol–water partition coefficient (Wildman–Crippen LogP) is 4.16. The van der Waals surface area contributed by atoms with Crippen molar-refractivity contribution in [2.24, 2.45) is 4.99 Å². The minimum Gasteiger partial charge on any atom is -0.367 e. The van der Waals surface area contributed by atoms with Gasteiger partial charge in [-0.05, 0) is 41.5 Å². The van der Waals surface area contributed by atoms with Gasteiger partial charge in [-0.25, -0.2) is 0 Å². The first kappa shape index (κ1) is 22.4. The van der Waals surface area contributed by atoms with E-state index in [9.17, 15) is 13.2 Å². The molecule has 1 aliphatic rings. The number of anilines is 1. The highest BCUT2D eigenvalue weighted by atomic mass is 32.1. The Balaban J connectivity index is 1.39. The molecule has 2 N–H and O–H groups in total. The molecule has 0 atom stereocenters. The van der Waals surface area contributed by atoms with E-state index >= 15 is 0 Å². The molecular formula is C21H27F3N4OS. The molecule has 164 valence electrons. The molecule has 0 aliphatic carbocycles. The van der Waals surface area contributed by atoms with Crippen LogP contribution in [0, 0.1) is 0 Å². The molecule has 9 heteroatoms. The van der Waals surface area contributed by atoms with Crippen LogP contribution >= 0.6 is 11.3 Å². The van der Waals surface area contributed by atoms with Gasteiger partial charge >= 0.3 is 6.18 Å². The van der Waals surface area contributed by atoms with Gasteiger partial charge in [0.05, 0.1) is 11.6 Å². The molecule has 0 spiro atoms. The van der Waals surface area contributed by atoms with Gasteiger partial charge in [0.15, 0.2) is 5.96 Å². The molecule has 0 radical (unpaired) electrons. The minimum absolute atomic E-state index is 0.0549. The summed E-state index contributed by atoms with van der Waals surface area (Å²) in [6, 6.07) is 11.9. The summed E-state index contributed by atoms with van der Waals surface area (Å²) >= 11 is 1.77. The first-order valence-corrected chi connectivity index (χ1v) is 10.8. The maximum absolute atomic E-state index is 12.1. The average molecular weight is 441 g/mol. The third-order valence-electron chi connectivity index (χ3n) is 4.89. The molecule has 1 aliphatic heterocycles. The predicted molar refractivity (Wildman–Crippen MR) is 115 cm³/mol. The molecule has 0 amide bonds. The number of hydrogen-bond donors (Lipinski definition) is 2. The van der Waals surface area contributed by atoms with Crippen LogP contribution in [0.5, 0.6) is 0 Å². The molecule has 1 saturated heterocycles. The van der Waals surface area contributed by atoms with Gasteiger partial charge in [-0.15, -0.1) is 11.3 Å². The number of nitrogens with one attached hydrogen (secondary N) is 2. The van der Waals surface area contributed by atoms with Gasteiger partial charge in [0.1, 0.15) is 6.61 Å². The van der Waals surface area contributed by atoms with Gasteiger partial charge in [0, 0.05) is 32.7 Å². The van der Waals surface area contributed by atoms with Crippen molar-refractivity contribution < 1.29 is 17.9 Å². The van der Waals surface area contributed by atoms with Crippen molar-refractivity contribution >= 4 is 22.3 Å². The second-order valence-electron chi connectivity index (χ2n) is 7.21. The Morgan fingerprint density at radius 3 is 2.47 bits per heavy atom. The van der Waals surface area contributed by atoms with Crippen LogP contribution in [0.2, 0.25) is 0 Å². The molecule has 3 rings (SSSR count). The van der Waals surface area contributed by atoms with Gasteiger partial charge in [-0.1, -0.05) is 24.3 Å². The fraction of sp³-hybridized carbons (Fsp3) is 0.476. The Bertz CT molecular complexity index is 786. The van der Waals surface area contributed by atoms with Gasteiger partial charge in [0.2, 0.25) is 0 Å². The number of guanidine groups is 1. The van der Waals surface area contributed by atoms with Crippen LogP contribution in [0.25, 0.3) is 0 Å². The van der Waals surface area contributed by atoms with Crippen molar-refractivity contribution in [2.45, 2.75) is 38.2 Å². The van der Waals surface area contributed by atoms with Crippen molar-refractivity contribution in [3.63, 3.8) is 0 Å². The second-order valence-corrected chi connectivity index (χ2v) is 8.13. The average Bonchev–Trinajstić information content (AvgIpc) is 3.26. The van der Waals surface area contributed by atoms with E-state index in [1.807, 2.05) is 12.1 Å². The minimum atomic E-state index is -4.30. The molecule has 1 aromatic heterocycles. The SMILES string of the molecule is CN=C(NCc1ccc(COCC(F)(F)F)cc1)NC1CCN(c2cccs2)CC1. The topological polar surface area (TPSA) is 48.9 Å². The van der Waals surface area contributed by atoms with Crippen LogP contribution < -0.4 is 15.5 Å². The van der Waals surface area contributed by atoms with Crippen molar-refractivity contribution in [3.05, 3.63) is 52.9 Å². The van der Waals surface area contributed by atoms with E-state index in [2.05, 4.69) is 42.8 Å². The number of alkyl halides is 3. The lowest BCUT2D eigenvalue weighted by molar-refractivity contribution is -0.176. The maximum atomic E-state index is 12.1. The second kappa shape index (κ2) is 10.7. The Kier molecular flexibility index (Phi) is 7.98. The van der Waals surface area contributed by atoms with Crippen LogP contribution in [-0.4, -0.2) is 44.9 Å². The summed E-state index contributed by atoms with van der Waals surface area (Å²) in [5, 5.41) is 10.2. The summed E-state index contributed by atoms with van der Waals surface area (Å²) in [5.74, 6) is 0.752.